The lowest BCUT2D eigenvalue weighted by Crippen LogP contribution is -2.49. The number of fused-ring (bicyclic) bond motifs is 1. The third-order valence-electron chi connectivity index (χ3n) is 9.01. The molecule has 4 nitrogen and oxygen atoms in total. The molecule has 0 aliphatic heterocycles. The van der Waals surface area contributed by atoms with E-state index in [-0.39, 0.29) is 34.8 Å². The van der Waals surface area contributed by atoms with E-state index in [2.05, 4.69) is 57.8 Å². The van der Waals surface area contributed by atoms with Crippen molar-refractivity contribution in [3.63, 3.8) is 0 Å². The fraction of sp³-hybridized carbons (Fsp3) is 0.667. The molecule has 4 rings (SSSR count). The first-order valence-corrected chi connectivity index (χ1v) is 17.6. The fourth-order valence-corrected chi connectivity index (χ4v) is 8.21. The summed E-state index contributed by atoms with van der Waals surface area (Å²) in [6.07, 6.45) is 8.20. The van der Waals surface area contributed by atoms with Crippen molar-refractivity contribution in [1.29, 1.82) is 0 Å². The van der Waals surface area contributed by atoms with Gasteiger partial charge in [0.25, 0.3) is 0 Å². The molecular weight excluding hydrogens is 482 g/mol. The molecule has 0 atom stereocenters. The third-order valence-corrected chi connectivity index (χ3v) is 14.8. The summed E-state index contributed by atoms with van der Waals surface area (Å²) in [6, 6.07) is 8.32. The summed E-state index contributed by atoms with van der Waals surface area (Å²) in [5, 5.41) is 1.24. The third kappa shape index (κ3) is 5.66. The quantitative estimate of drug-likeness (QED) is 0.279. The normalized spacial score (nSPS) is 25.6. The van der Waals surface area contributed by atoms with Gasteiger partial charge in [-0.25, -0.2) is 0 Å². The van der Waals surface area contributed by atoms with Crippen molar-refractivity contribution < 1.29 is 14.0 Å². The molecule has 2 aliphatic carbocycles. The molecule has 1 amide bonds. The van der Waals surface area contributed by atoms with Crippen molar-refractivity contribution in [2.24, 2.45) is 11.8 Å². The molecule has 0 bridgehead atoms. The predicted molar refractivity (Wildman–Crippen MR) is 155 cm³/mol. The lowest BCUT2D eigenvalue weighted by molar-refractivity contribution is -0.124. The van der Waals surface area contributed by atoms with Crippen molar-refractivity contribution in [3.8, 4) is 0 Å². The number of carbonyl (C=O) groups excluding carboxylic acids is 2. The van der Waals surface area contributed by atoms with E-state index in [9.17, 15) is 9.59 Å². The molecule has 36 heavy (non-hydrogen) atoms. The maximum Gasteiger partial charge on any atom is 0.230 e. The highest BCUT2D eigenvalue weighted by atomic mass is 32.1. The van der Waals surface area contributed by atoms with Crippen LogP contribution in [-0.2, 0) is 9.22 Å². The van der Waals surface area contributed by atoms with Crippen LogP contribution in [-0.4, -0.2) is 32.2 Å². The van der Waals surface area contributed by atoms with E-state index < -0.39 is 8.32 Å². The van der Waals surface area contributed by atoms with Crippen LogP contribution in [0.1, 0.15) is 95.7 Å². The monoisotopic (exact) mass is 527 g/mol. The topological polar surface area (TPSA) is 46.6 Å². The van der Waals surface area contributed by atoms with E-state index in [0.29, 0.717) is 5.92 Å². The maximum atomic E-state index is 14.3. The van der Waals surface area contributed by atoms with E-state index in [4.69, 9.17) is 4.43 Å². The zero-order chi connectivity index (χ0) is 26.3. The Hall–Kier alpha value is -1.50. The molecular formula is C30H45NO3SSi. The summed E-state index contributed by atoms with van der Waals surface area (Å²) in [5.41, 5.74) is 0.875. The molecule has 2 saturated carbocycles. The van der Waals surface area contributed by atoms with Crippen molar-refractivity contribution in [2.75, 3.05) is 4.90 Å². The molecule has 0 saturated heterocycles. The van der Waals surface area contributed by atoms with Crippen molar-refractivity contribution in [3.05, 3.63) is 29.1 Å². The first kappa shape index (κ1) is 27.5. The Morgan fingerprint density at radius 1 is 0.972 bits per heavy atom. The van der Waals surface area contributed by atoms with Crippen LogP contribution in [0.5, 0.6) is 0 Å². The highest BCUT2D eigenvalue weighted by Crippen LogP contribution is 2.44. The summed E-state index contributed by atoms with van der Waals surface area (Å²) in [6.45, 7) is 15.5. The van der Waals surface area contributed by atoms with Gasteiger partial charge in [0.15, 0.2) is 14.1 Å². The van der Waals surface area contributed by atoms with Crippen LogP contribution in [0, 0.1) is 11.8 Å². The lowest BCUT2D eigenvalue weighted by atomic mass is 9.81. The molecule has 2 fully saturated rings. The minimum atomic E-state index is -1.83. The summed E-state index contributed by atoms with van der Waals surface area (Å²) >= 11 is 1.54. The second-order valence-corrected chi connectivity index (χ2v) is 18.6. The Morgan fingerprint density at radius 3 is 2.17 bits per heavy atom. The molecule has 1 aromatic carbocycles. The zero-order valence-electron chi connectivity index (χ0n) is 23.4. The molecule has 6 heteroatoms. The van der Waals surface area contributed by atoms with E-state index in [1.807, 2.05) is 12.1 Å². The molecule has 1 aromatic heterocycles. The number of nitrogens with zero attached hydrogens (tertiary/aromatic N) is 1. The molecule has 0 N–H and O–H groups in total. The smallest absolute Gasteiger partial charge is 0.230 e. The van der Waals surface area contributed by atoms with Crippen LogP contribution in [0.3, 0.4) is 0 Å². The number of anilines is 1. The minimum Gasteiger partial charge on any atom is -0.414 e. The summed E-state index contributed by atoms with van der Waals surface area (Å²) in [7, 11) is -1.83. The Morgan fingerprint density at radius 2 is 1.58 bits per heavy atom. The molecule has 0 unspecified atom stereocenters. The largest absolute Gasteiger partial charge is 0.414 e. The van der Waals surface area contributed by atoms with Crippen LogP contribution in [0.2, 0.25) is 18.1 Å². The van der Waals surface area contributed by atoms with Crippen molar-refractivity contribution in [1.82, 2.24) is 0 Å². The van der Waals surface area contributed by atoms with Crippen molar-refractivity contribution >= 4 is 47.1 Å². The number of carbonyl (C=O) groups is 2. The fourth-order valence-electron chi connectivity index (χ4n) is 5.70. The van der Waals surface area contributed by atoms with Gasteiger partial charge in [0, 0.05) is 35.1 Å². The van der Waals surface area contributed by atoms with Crippen LogP contribution in [0.15, 0.2) is 24.3 Å². The number of amides is 1. The van der Waals surface area contributed by atoms with Gasteiger partial charge in [-0.3, -0.25) is 9.59 Å². The first-order chi connectivity index (χ1) is 16.9. The maximum absolute atomic E-state index is 14.3. The molecule has 2 aliphatic rings. The number of Topliss-reactive ketones (excluding diaryl/α,β-unsaturated/α-hetero) is 1. The van der Waals surface area contributed by atoms with E-state index >= 15 is 0 Å². The van der Waals surface area contributed by atoms with Gasteiger partial charge in [0.1, 0.15) is 0 Å². The van der Waals surface area contributed by atoms with Crippen LogP contribution < -0.4 is 4.90 Å². The second kappa shape index (κ2) is 10.7. The molecule has 198 valence electrons. The minimum absolute atomic E-state index is 0.0520. The van der Waals surface area contributed by atoms with E-state index in [1.54, 1.807) is 6.92 Å². The average molecular weight is 528 g/mol. The molecule has 0 radical (unpaired) electrons. The summed E-state index contributed by atoms with van der Waals surface area (Å²) < 4.78 is 7.85. The molecule has 0 spiro atoms. The molecule has 1 heterocycles. The van der Waals surface area contributed by atoms with E-state index in [0.717, 1.165) is 72.0 Å². The Kier molecular flexibility index (Phi) is 8.18. The zero-order valence-corrected chi connectivity index (χ0v) is 25.2. The first-order valence-electron chi connectivity index (χ1n) is 13.9. The van der Waals surface area contributed by atoms with Crippen LogP contribution in [0.4, 0.5) is 5.69 Å². The number of hydrogen-bond donors (Lipinski definition) is 0. The van der Waals surface area contributed by atoms with Gasteiger partial charge in [-0.1, -0.05) is 45.9 Å². The SMILES string of the molecule is CC(=O)c1sc2ccccc2c1N(C(=O)C1CCC(C)CC1)[C@H]1CC[C@@H](O[Si](C)(C)C(C)(C)C)CC1. The highest BCUT2D eigenvalue weighted by molar-refractivity contribution is 7.21. The second-order valence-electron chi connectivity index (χ2n) is 12.8. The Labute approximate surface area is 222 Å². The summed E-state index contributed by atoms with van der Waals surface area (Å²) in [4.78, 5) is 29.9. The van der Waals surface area contributed by atoms with Gasteiger partial charge < -0.3 is 9.33 Å². The average Bonchev–Trinajstić information content (AvgIpc) is 3.19. The van der Waals surface area contributed by atoms with Gasteiger partial charge >= 0.3 is 0 Å². The van der Waals surface area contributed by atoms with Gasteiger partial charge in [0.05, 0.1) is 10.6 Å². The van der Waals surface area contributed by atoms with Gasteiger partial charge in [-0.05, 0) is 81.5 Å². The van der Waals surface area contributed by atoms with Crippen molar-refractivity contribution in [2.45, 2.75) is 116 Å². The van der Waals surface area contributed by atoms with Gasteiger partial charge in [-0.15, -0.1) is 11.3 Å². The molecule has 2 aromatic rings. The highest BCUT2D eigenvalue weighted by Gasteiger charge is 2.42. The standard InChI is InChI=1S/C30H45NO3SSi/c1-20-12-14-22(15-13-20)29(33)31(27-25-10-8-9-11-26(25)35-28(27)21(2)32)23-16-18-24(19-17-23)34-36(6,7)30(3,4)5/h8-11,20,22-24H,12-19H2,1-7H3/t20?,22?,23-,24+. The number of hydrogen-bond acceptors (Lipinski definition) is 4. The van der Waals surface area contributed by atoms with Crippen LogP contribution >= 0.6 is 11.3 Å². The Balaban J connectivity index is 1.65. The Bertz CT molecular complexity index is 1090. The summed E-state index contributed by atoms with van der Waals surface area (Å²) in [5.74, 6) is 1.04. The number of benzene rings is 1. The van der Waals surface area contributed by atoms with Gasteiger partial charge in [-0.2, -0.15) is 0 Å². The number of ketones is 1. The number of thiophene rings is 1. The lowest BCUT2D eigenvalue weighted by Gasteiger charge is -2.43. The van der Waals surface area contributed by atoms with Crippen LogP contribution in [0.25, 0.3) is 10.1 Å². The van der Waals surface area contributed by atoms with E-state index in [1.165, 1.54) is 11.3 Å². The number of rotatable bonds is 6. The predicted octanol–water partition coefficient (Wildman–Crippen LogP) is 8.60. The van der Waals surface area contributed by atoms with Gasteiger partial charge in [0.2, 0.25) is 5.91 Å².